The van der Waals surface area contributed by atoms with E-state index in [4.69, 9.17) is 27.9 Å². The Hall–Kier alpha value is -5.02. The van der Waals surface area contributed by atoms with Crippen LogP contribution in [0.3, 0.4) is 0 Å². The van der Waals surface area contributed by atoms with Crippen molar-refractivity contribution in [2.75, 3.05) is 11.9 Å². The zero-order valence-corrected chi connectivity index (χ0v) is 27.0. The van der Waals surface area contributed by atoms with Gasteiger partial charge in [-0.25, -0.2) is 9.78 Å². The van der Waals surface area contributed by atoms with Crippen molar-refractivity contribution in [3.05, 3.63) is 103 Å². The summed E-state index contributed by atoms with van der Waals surface area (Å²) in [6.45, 7) is 5.56. The molecule has 0 aliphatic rings. The van der Waals surface area contributed by atoms with Gasteiger partial charge in [0.25, 0.3) is 5.56 Å². The van der Waals surface area contributed by atoms with Crippen LogP contribution in [0.1, 0.15) is 33.1 Å². The topological polar surface area (TPSA) is 143 Å². The molecule has 0 radical (unpaired) electrons. The molecule has 0 unspecified atom stereocenters. The highest BCUT2D eigenvalue weighted by atomic mass is 35.5. The van der Waals surface area contributed by atoms with E-state index >= 15 is 0 Å². The van der Waals surface area contributed by atoms with E-state index in [1.165, 1.54) is 15.9 Å². The van der Waals surface area contributed by atoms with Gasteiger partial charge in [0, 0.05) is 32.9 Å². The lowest BCUT2D eigenvalue weighted by molar-refractivity contribution is 0.0699. The summed E-state index contributed by atoms with van der Waals surface area (Å²) in [7, 11) is 0. The van der Waals surface area contributed by atoms with Gasteiger partial charge in [0.2, 0.25) is 0 Å². The standard InChI is InChI=1S/C33H24Cl2N6O4S/c1-16-4-6-20(14-37-16)40-29-23(13-36)28-26(12-25(29)35)39-18(3)41(32(28)42)8-9-45-27-7-5-19(34)11-21(27)22-10-17(2)38-30-24(33(43)44)15-46-31(22)30/h4-7,10-12,14-15,40H,8-9H2,1-3H3,(H,43,44). The summed E-state index contributed by atoms with van der Waals surface area (Å²) in [4.78, 5) is 39.0. The second-order valence-electron chi connectivity index (χ2n) is 10.5. The predicted octanol–water partition coefficient (Wildman–Crippen LogP) is 7.69. The van der Waals surface area contributed by atoms with Gasteiger partial charge in [-0.15, -0.1) is 11.3 Å². The van der Waals surface area contributed by atoms with E-state index in [0.29, 0.717) is 49.3 Å². The van der Waals surface area contributed by atoms with Crippen LogP contribution in [0.4, 0.5) is 11.4 Å². The van der Waals surface area contributed by atoms with Gasteiger partial charge < -0.3 is 15.2 Å². The quantitative estimate of drug-likeness (QED) is 0.166. The second-order valence-corrected chi connectivity index (χ2v) is 12.2. The molecule has 4 heterocycles. The predicted molar refractivity (Wildman–Crippen MR) is 180 cm³/mol. The first-order chi connectivity index (χ1) is 22.0. The number of carboxylic acid groups (broad SMARTS) is 1. The second kappa shape index (κ2) is 12.4. The fourth-order valence-electron chi connectivity index (χ4n) is 5.22. The summed E-state index contributed by atoms with van der Waals surface area (Å²) in [5.41, 5.74) is 4.25. The van der Waals surface area contributed by atoms with Crippen LogP contribution < -0.4 is 15.6 Å². The Kier molecular flexibility index (Phi) is 8.35. The van der Waals surface area contributed by atoms with Crippen molar-refractivity contribution in [3.8, 4) is 22.9 Å². The van der Waals surface area contributed by atoms with Crippen molar-refractivity contribution in [2.45, 2.75) is 27.3 Å². The summed E-state index contributed by atoms with van der Waals surface area (Å²) in [5, 5.41) is 25.3. The van der Waals surface area contributed by atoms with Crippen molar-refractivity contribution >= 4 is 73.0 Å². The van der Waals surface area contributed by atoms with E-state index in [1.54, 1.807) is 55.8 Å². The first kappa shape index (κ1) is 31.0. The molecular weight excluding hydrogens is 647 g/mol. The molecule has 0 aliphatic carbocycles. The van der Waals surface area contributed by atoms with Crippen LogP contribution in [-0.4, -0.2) is 37.2 Å². The van der Waals surface area contributed by atoms with Gasteiger partial charge in [-0.1, -0.05) is 23.2 Å². The van der Waals surface area contributed by atoms with Gasteiger partial charge in [-0.05, 0) is 63.2 Å². The number of pyridine rings is 2. The highest BCUT2D eigenvalue weighted by Gasteiger charge is 2.21. The van der Waals surface area contributed by atoms with E-state index < -0.39 is 11.5 Å². The van der Waals surface area contributed by atoms with Crippen LogP contribution in [-0.2, 0) is 6.54 Å². The molecule has 0 spiro atoms. The van der Waals surface area contributed by atoms with Gasteiger partial charge in [0.1, 0.15) is 24.3 Å². The molecule has 6 rings (SSSR count). The van der Waals surface area contributed by atoms with Crippen molar-refractivity contribution in [1.82, 2.24) is 19.5 Å². The molecule has 10 nitrogen and oxygen atoms in total. The number of rotatable bonds is 8. The van der Waals surface area contributed by atoms with Gasteiger partial charge >= 0.3 is 5.97 Å². The number of hydrogen-bond acceptors (Lipinski definition) is 9. The largest absolute Gasteiger partial charge is 0.491 e. The molecule has 0 amide bonds. The zero-order chi connectivity index (χ0) is 32.7. The number of aromatic carboxylic acids is 1. The molecular formula is C33H24Cl2N6O4S. The molecule has 0 aliphatic heterocycles. The number of carboxylic acids is 1. The molecule has 0 bridgehead atoms. The number of benzene rings is 2. The van der Waals surface area contributed by atoms with Crippen molar-refractivity contribution < 1.29 is 14.6 Å². The molecule has 13 heteroatoms. The van der Waals surface area contributed by atoms with Crippen LogP contribution in [0, 0.1) is 32.1 Å². The van der Waals surface area contributed by atoms with Crippen molar-refractivity contribution in [3.63, 3.8) is 0 Å². The minimum Gasteiger partial charge on any atom is -0.491 e. The summed E-state index contributed by atoms with van der Waals surface area (Å²) >= 11 is 14.2. The smallest absolute Gasteiger partial charge is 0.338 e. The zero-order valence-electron chi connectivity index (χ0n) is 24.7. The first-order valence-corrected chi connectivity index (χ1v) is 15.6. The first-order valence-electron chi connectivity index (χ1n) is 13.9. The molecule has 0 saturated heterocycles. The highest BCUT2D eigenvalue weighted by Crippen LogP contribution is 2.40. The number of nitrogens with zero attached hydrogens (tertiary/aromatic N) is 5. The molecule has 230 valence electrons. The molecule has 2 aromatic carbocycles. The van der Waals surface area contributed by atoms with Gasteiger partial charge in [-0.2, -0.15) is 5.26 Å². The molecule has 0 fully saturated rings. The number of hydrogen-bond donors (Lipinski definition) is 2. The van der Waals surface area contributed by atoms with E-state index in [0.717, 1.165) is 11.3 Å². The Bertz CT molecular complexity index is 2290. The van der Waals surface area contributed by atoms with E-state index in [2.05, 4.69) is 26.3 Å². The lowest BCUT2D eigenvalue weighted by Crippen LogP contribution is -2.27. The number of halogens is 2. The fraction of sp³-hybridized carbons (Fsp3) is 0.152. The van der Waals surface area contributed by atoms with Crippen LogP contribution in [0.2, 0.25) is 10.0 Å². The number of aromatic nitrogens is 4. The average molecular weight is 672 g/mol. The van der Waals surface area contributed by atoms with Crippen LogP contribution in [0.5, 0.6) is 5.75 Å². The fourth-order valence-corrected chi connectivity index (χ4v) is 6.64. The van der Waals surface area contributed by atoms with E-state index in [9.17, 15) is 20.0 Å². The number of thiophene rings is 1. The summed E-state index contributed by atoms with van der Waals surface area (Å²) in [6.07, 6.45) is 1.62. The lowest BCUT2D eigenvalue weighted by atomic mass is 10.0. The molecule has 6 aromatic rings. The molecule has 0 atom stereocenters. The summed E-state index contributed by atoms with van der Waals surface area (Å²) in [6, 6.07) is 14.4. The Labute approximate surface area is 276 Å². The Balaban J connectivity index is 1.35. The van der Waals surface area contributed by atoms with Crippen LogP contribution in [0.25, 0.3) is 32.2 Å². The molecule has 2 N–H and O–H groups in total. The average Bonchev–Trinajstić information content (AvgIpc) is 3.45. The monoisotopic (exact) mass is 670 g/mol. The number of carbonyl (C=O) groups is 1. The van der Waals surface area contributed by atoms with Gasteiger partial charge in [-0.3, -0.25) is 19.3 Å². The number of nitriles is 1. The summed E-state index contributed by atoms with van der Waals surface area (Å²) < 4.78 is 8.36. The Morgan fingerprint density at radius 2 is 1.89 bits per heavy atom. The molecule has 0 saturated carbocycles. The third kappa shape index (κ3) is 5.74. The maximum absolute atomic E-state index is 13.9. The third-order valence-corrected chi connectivity index (χ3v) is 8.90. The SMILES string of the molecule is Cc1ccc(Nc2c(Cl)cc3nc(C)n(CCOc4ccc(Cl)cc4-c4cc(C)nc5c(C(=O)O)csc45)c(=O)c3c2C#N)cn1. The van der Waals surface area contributed by atoms with E-state index in [1.807, 2.05) is 19.1 Å². The summed E-state index contributed by atoms with van der Waals surface area (Å²) in [5.74, 6) is -0.143. The number of aryl methyl sites for hydroxylation is 3. The minimum absolute atomic E-state index is 0.0731. The Morgan fingerprint density at radius 3 is 2.61 bits per heavy atom. The highest BCUT2D eigenvalue weighted by molar-refractivity contribution is 7.18. The number of anilines is 2. The number of fused-ring (bicyclic) bond motifs is 2. The van der Waals surface area contributed by atoms with E-state index in [-0.39, 0.29) is 40.4 Å². The molecule has 4 aromatic heterocycles. The minimum atomic E-state index is -1.06. The number of nitrogens with one attached hydrogen (secondary N) is 1. The number of ether oxygens (including phenoxy) is 1. The van der Waals surface area contributed by atoms with Crippen LogP contribution >= 0.6 is 34.5 Å². The normalized spacial score (nSPS) is 11.1. The van der Waals surface area contributed by atoms with Crippen molar-refractivity contribution in [2.24, 2.45) is 0 Å². The van der Waals surface area contributed by atoms with Gasteiger partial charge in [0.15, 0.2) is 0 Å². The van der Waals surface area contributed by atoms with Gasteiger partial charge in [0.05, 0.1) is 61.4 Å². The molecule has 46 heavy (non-hydrogen) atoms. The van der Waals surface area contributed by atoms with Crippen LogP contribution in [0.15, 0.2) is 58.8 Å². The maximum Gasteiger partial charge on any atom is 0.338 e. The lowest BCUT2D eigenvalue weighted by Gasteiger charge is -2.17. The maximum atomic E-state index is 13.9. The Morgan fingerprint density at radius 1 is 1.09 bits per heavy atom. The third-order valence-electron chi connectivity index (χ3n) is 7.37. The van der Waals surface area contributed by atoms with Crippen molar-refractivity contribution in [1.29, 1.82) is 5.26 Å².